The number of rotatable bonds is 5. The van der Waals surface area contributed by atoms with Crippen LogP contribution >= 0.6 is 0 Å². The fourth-order valence-corrected chi connectivity index (χ4v) is 2.13. The van der Waals surface area contributed by atoms with Crippen LogP contribution in [-0.2, 0) is 4.74 Å². The molecule has 0 aromatic heterocycles. The number of ether oxygens (including phenoxy) is 1. The van der Waals surface area contributed by atoms with Crippen LogP contribution in [0.4, 0.5) is 0 Å². The van der Waals surface area contributed by atoms with Gasteiger partial charge in [-0.3, -0.25) is 4.90 Å². The molecular formula is C10H20N2O. The highest BCUT2D eigenvalue weighted by Crippen LogP contribution is 2.30. The van der Waals surface area contributed by atoms with Crippen molar-refractivity contribution in [2.75, 3.05) is 26.3 Å². The zero-order valence-electron chi connectivity index (χ0n) is 8.24. The van der Waals surface area contributed by atoms with Crippen LogP contribution in [-0.4, -0.2) is 43.3 Å². The molecule has 2 aliphatic rings. The molecule has 0 bridgehead atoms. The van der Waals surface area contributed by atoms with Crippen molar-refractivity contribution in [3.05, 3.63) is 0 Å². The molecule has 0 aromatic rings. The first-order valence-electron chi connectivity index (χ1n) is 5.45. The Bertz CT molecular complexity index is 153. The van der Waals surface area contributed by atoms with E-state index in [-0.39, 0.29) is 0 Å². The predicted octanol–water partition coefficient (Wildman–Crippen LogP) is 0.588. The summed E-state index contributed by atoms with van der Waals surface area (Å²) in [6.45, 7) is 3.89. The molecule has 0 aromatic carbocycles. The summed E-state index contributed by atoms with van der Waals surface area (Å²) in [5, 5.41) is 0. The van der Waals surface area contributed by atoms with E-state index in [2.05, 4.69) is 4.90 Å². The smallest absolute Gasteiger partial charge is 0.0622 e. The Morgan fingerprint density at radius 3 is 2.62 bits per heavy atom. The van der Waals surface area contributed by atoms with E-state index in [1.807, 2.05) is 0 Å². The Balaban J connectivity index is 1.80. The van der Waals surface area contributed by atoms with Crippen molar-refractivity contribution in [3.63, 3.8) is 0 Å². The molecule has 2 rings (SSSR count). The zero-order chi connectivity index (χ0) is 9.10. The lowest BCUT2D eigenvalue weighted by atomic mass is 10.2. The molecule has 1 aliphatic heterocycles. The third-order valence-corrected chi connectivity index (χ3v) is 3.01. The first-order chi connectivity index (χ1) is 6.42. The van der Waals surface area contributed by atoms with Gasteiger partial charge < -0.3 is 10.5 Å². The molecule has 1 atom stereocenters. The standard InChI is InChI=1S/C10H20N2O/c11-5-1-6-12(9-2-3-9)10-4-7-13-8-10/h9-10H,1-8,11H2. The molecule has 76 valence electrons. The van der Waals surface area contributed by atoms with Crippen LogP contribution in [0.2, 0.25) is 0 Å². The molecule has 1 saturated carbocycles. The van der Waals surface area contributed by atoms with Crippen LogP contribution in [0, 0.1) is 0 Å². The molecule has 1 heterocycles. The summed E-state index contributed by atoms with van der Waals surface area (Å²) in [5.74, 6) is 0. The molecule has 2 N–H and O–H groups in total. The van der Waals surface area contributed by atoms with Crippen LogP contribution in [0.15, 0.2) is 0 Å². The predicted molar refractivity (Wildman–Crippen MR) is 52.6 cm³/mol. The Labute approximate surface area is 80.2 Å². The lowest BCUT2D eigenvalue weighted by Crippen LogP contribution is -2.38. The first-order valence-corrected chi connectivity index (χ1v) is 5.45. The van der Waals surface area contributed by atoms with Gasteiger partial charge in [0.05, 0.1) is 6.61 Å². The van der Waals surface area contributed by atoms with E-state index in [1.165, 1.54) is 25.8 Å². The molecule has 0 spiro atoms. The molecule has 2 fully saturated rings. The Kier molecular flexibility index (Phi) is 3.19. The van der Waals surface area contributed by atoms with E-state index in [1.54, 1.807) is 0 Å². The van der Waals surface area contributed by atoms with Crippen LogP contribution in [0.5, 0.6) is 0 Å². The molecule has 1 saturated heterocycles. The molecule has 13 heavy (non-hydrogen) atoms. The van der Waals surface area contributed by atoms with Gasteiger partial charge in [0.2, 0.25) is 0 Å². The summed E-state index contributed by atoms with van der Waals surface area (Å²) in [4.78, 5) is 2.62. The minimum atomic E-state index is 0.694. The Hall–Kier alpha value is -0.120. The highest BCUT2D eigenvalue weighted by Gasteiger charge is 2.34. The fourth-order valence-electron chi connectivity index (χ4n) is 2.13. The number of hydrogen-bond donors (Lipinski definition) is 1. The van der Waals surface area contributed by atoms with Gasteiger partial charge in [-0.2, -0.15) is 0 Å². The van der Waals surface area contributed by atoms with Crippen molar-refractivity contribution in [3.8, 4) is 0 Å². The van der Waals surface area contributed by atoms with Gasteiger partial charge in [-0.15, -0.1) is 0 Å². The molecule has 3 nitrogen and oxygen atoms in total. The average molecular weight is 184 g/mol. The van der Waals surface area contributed by atoms with E-state index >= 15 is 0 Å². The van der Waals surface area contributed by atoms with Gasteiger partial charge in [-0.1, -0.05) is 0 Å². The lowest BCUT2D eigenvalue weighted by molar-refractivity contribution is 0.138. The quantitative estimate of drug-likeness (QED) is 0.679. The van der Waals surface area contributed by atoms with Gasteiger partial charge in [-0.25, -0.2) is 0 Å². The van der Waals surface area contributed by atoms with Crippen LogP contribution in [0.25, 0.3) is 0 Å². The van der Waals surface area contributed by atoms with E-state index in [4.69, 9.17) is 10.5 Å². The highest BCUT2D eigenvalue weighted by atomic mass is 16.5. The summed E-state index contributed by atoms with van der Waals surface area (Å²) >= 11 is 0. The topological polar surface area (TPSA) is 38.5 Å². The Morgan fingerprint density at radius 2 is 2.08 bits per heavy atom. The second-order valence-corrected chi connectivity index (χ2v) is 4.13. The monoisotopic (exact) mass is 184 g/mol. The minimum absolute atomic E-state index is 0.694. The van der Waals surface area contributed by atoms with Gasteiger partial charge >= 0.3 is 0 Å². The lowest BCUT2D eigenvalue weighted by Gasteiger charge is -2.27. The number of hydrogen-bond acceptors (Lipinski definition) is 3. The van der Waals surface area contributed by atoms with Crippen molar-refractivity contribution in [1.82, 2.24) is 4.90 Å². The molecule has 1 aliphatic carbocycles. The van der Waals surface area contributed by atoms with E-state index in [0.29, 0.717) is 6.04 Å². The van der Waals surface area contributed by atoms with Gasteiger partial charge in [0, 0.05) is 25.2 Å². The normalized spacial score (nSPS) is 28.6. The number of nitrogens with zero attached hydrogens (tertiary/aromatic N) is 1. The van der Waals surface area contributed by atoms with Crippen LogP contribution in [0.3, 0.4) is 0 Å². The van der Waals surface area contributed by atoms with Gasteiger partial charge in [0.15, 0.2) is 0 Å². The summed E-state index contributed by atoms with van der Waals surface area (Å²) in [5.41, 5.74) is 5.54. The minimum Gasteiger partial charge on any atom is -0.380 e. The van der Waals surface area contributed by atoms with Crippen molar-refractivity contribution in [1.29, 1.82) is 0 Å². The van der Waals surface area contributed by atoms with Crippen molar-refractivity contribution >= 4 is 0 Å². The summed E-state index contributed by atoms with van der Waals surface area (Å²) in [6, 6.07) is 1.55. The maximum Gasteiger partial charge on any atom is 0.0622 e. The third kappa shape index (κ3) is 2.42. The van der Waals surface area contributed by atoms with Crippen LogP contribution in [0.1, 0.15) is 25.7 Å². The number of nitrogens with two attached hydrogens (primary N) is 1. The second-order valence-electron chi connectivity index (χ2n) is 4.13. The van der Waals surface area contributed by atoms with Crippen molar-refractivity contribution in [2.24, 2.45) is 5.73 Å². The molecule has 0 radical (unpaired) electrons. The largest absolute Gasteiger partial charge is 0.380 e. The zero-order valence-corrected chi connectivity index (χ0v) is 8.24. The van der Waals surface area contributed by atoms with Gasteiger partial charge in [-0.05, 0) is 32.2 Å². The van der Waals surface area contributed by atoms with Crippen molar-refractivity contribution < 1.29 is 4.74 Å². The van der Waals surface area contributed by atoms with Crippen molar-refractivity contribution in [2.45, 2.75) is 37.8 Å². The summed E-state index contributed by atoms with van der Waals surface area (Å²) < 4.78 is 5.42. The molecule has 1 unspecified atom stereocenters. The van der Waals surface area contributed by atoms with E-state index in [9.17, 15) is 0 Å². The molecular weight excluding hydrogens is 164 g/mol. The highest BCUT2D eigenvalue weighted by molar-refractivity contribution is 4.89. The first kappa shape index (κ1) is 9.44. The maximum atomic E-state index is 5.54. The van der Waals surface area contributed by atoms with Gasteiger partial charge in [0.1, 0.15) is 0 Å². The summed E-state index contributed by atoms with van der Waals surface area (Å²) in [7, 11) is 0. The average Bonchev–Trinajstić information content (AvgIpc) is 2.82. The molecule has 0 amide bonds. The third-order valence-electron chi connectivity index (χ3n) is 3.01. The second kappa shape index (κ2) is 4.40. The molecule has 3 heteroatoms. The summed E-state index contributed by atoms with van der Waals surface area (Å²) in [6.07, 6.45) is 5.14. The SMILES string of the molecule is NCCCN(C1CC1)C1CCOC1. The van der Waals surface area contributed by atoms with E-state index < -0.39 is 0 Å². The Morgan fingerprint density at radius 1 is 1.23 bits per heavy atom. The van der Waals surface area contributed by atoms with Crippen LogP contribution < -0.4 is 5.73 Å². The fraction of sp³-hybridized carbons (Fsp3) is 1.00. The van der Waals surface area contributed by atoms with E-state index in [0.717, 1.165) is 32.2 Å². The maximum absolute atomic E-state index is 5.54. The van der Waals surface area contributed by atoms with Gasteiger partial charge in [0.25, 0.3) is 0 Å².